The van der Waals surface area contributed by atoms with Crippen LogP contribution in [-0.2, 0) is 17.0 Å². The van der Waals surface area contributed by atoms with E-state index in [-0.39, 0.29) is 16.4 Å². The van der Waals surface area contributed by atoms with Crippen LogP contribution in [0.5, 0.6) is 0 Å². The first-order valence-corrected chi connectivity index (χ1v) is 9.23. The van der Waals surface area contributed by atoms with Crippen LogP contribution in [0.2, 0.25) is 5.02 Å². The predicted molar refractivity (Wildman–Crippen MR) is 102 cm³/mol. The summed E-state index contributed by atoms with van der Waals surface area (Å²) < 4.78 is 41.8. The van der Waals surface area contributed by atoms with Crippen molar-refractivity contribution in [1.82, 2.24) is 0 Å². The highest BCUT2D eigenvalue weighted by molar-refractivity contribution is 6.33. The van der Waals surface area contributed by atoms with Crippen LogP contribution in [0, 0.1) is 6.92 Å². The summed E-state index contributed by atoms with van der Waals surface area (Å²) in [6, 6.07) is 8.32. The molecule has 0 fully saturated rings. The Morgan fingerprint density at radius 2 is 1.38 bits per heavy atom. The molecular weight excluding hydrogens is 357 g/mol. The summed E-state index contributed by atoms with van der Waals surface area (Å²) >= 11 is 6.30. The topological polar surface area (TPSA) is 0 Å². The molecule has 2 aromatic carbocycles. The fourth-order valence-electron chi connectivity index (χ4n) is 3.92. The summed E-state index contributed by atoms with van der Waals surface area (Å²) in [5.41, 5.74) is 2.25. The van der Waals surface area contributed by atoms with Crippen LogP contribution in [0.1, 0.15) is 62.8 Å². The molecular formula is C22H24ClF3. The minimum Gasteiger partial charge on any atom is -0.166 e. The summed E-state index contributed by atoms with van der Waals surface area (Å²) in [5, 5.41) is 0.342. The largest absolute Gasteiger partial charge is 0.417 e. The zero-order valence-electron chi connectivity index (χ0n) is 15.8. The molecule has 0 spiro atoms. The van der Waals surface area contributed by atoms with Gasteiger partial charge < -0.3 is 0 Å². The predicted octanol–water partition coefficient (Wildman–Crippen LogP) is 7.68. The number of alkyl halides is 3. The van der Waals surface area contributed by atoms with Crippen molar-refractivity contribution in [3.8, 4) is 11.1 Å². The van der Waals surface area contributed by atoms with Crippen molar-refractivity contribution in [3.05, 3.63) is 57.6 Å². The normalized spacial score (nSPS) is 18.5. The zero-order valence-corrected chi connectivity index (χ0v) is 16.6. The summed E-state index contributed by atoms with van der Waals surface area (Å²) in [5.74, 6) is 0. The molecule has 0 amide bonds. The van der Waals surface area contributed by atoms with Gasteiger partial charge in [0, 0.05) is 10.6 Å². The van der Waals surface area contributed by atoms with Crippen LogP contribution in [0.3, 0.4) is 0 Å². The lowest BCUT2D eigenvalue weighted by atomic mass is 9.62. The Morgan fingerprint density at radius 1 is 0.846 bits per heavy atom. The molecule has 0 atom stereocenters. The lowest BCUT2D eigenvalue weighted by Crippen LogP contribution is -2.34. The van der Waals surface area contributed by atoms with Gasteiger partial charge in [0.15, 0.2) is 0 Å². The second kappa shape index (κ2) is 6.02. The van der Waals surface area contributed by atoms with Crippen molar-refractivity contribution >= 4 is 11.6 Å². The standard InChI is InChI=1S/C22H24ClF3/c1-13-6-7-19(23)15(10-13)14-11-17-18(12-16(14)22(24,25)26)21(4,5)9-8-20(17,2)3/h6-7,10-12H,8-9H2,1-5H3. The first kappa shape index (κ1) is 19.3. The molecule has 0 aliphatic heterocycles. The third-order valence-electron chi connectivity index (χ3n) is 5.71. The number of aryl methyl sites for hydroxylation is 1. The van der Waals surface area contributed by atoms with E-state index in [4.69, 9.17) is 11.6 Å². The van der Waals surface area contributed by atoms with Gasteiger partial charge in [-0.3, -0.25) is 0 Å². The Labute approximate surface area is 158 Å². The average molecular weight is 381 g/mol. The molecule has 1 aliphatic carbocycles. The first-order chi connectivity index (χ1) is 11.8. The van der Waals surface area contributed by atoms with Gasteiger partial charge in [-0.15, -0.1) is 0 Å². The molecule has 0 unspecified atom stereocenters. The summed E-state index contributed by atoms with van der Waals surface area (Å²) in [6.07, 6.45) is -2.62. The lowest BCUT2D eigenvalue weighted by Gasteiger charge is -2.42. The van der Waals surface area contributed by atoms with Gasteiger partial charge in [0.2, 0.25) is 0 Å². The molecule has 3 rings (SSSR count). The van der Waals surface area contributed by atoms with Crippen molar-refractivity contribution in [2.75, 3.05) is 0 Å². The van der Waals surface area contributed by atoms with Crippen LogP contribution >= 0.6 is 11.6 Å². The van der Waals surface area contributed by atoms with E-state index in [1.165, 1.54) is 6.07 Å². The third-order valence-corrected chi connectivity index (χ3v) is 6.04. The van der Waals surface area contributed by atoms with E-state index >= 15 is 0 Å². The molecule has 0 N–H and O–H groups in total. The number of hydrogen-bond acceptors (Lipinski definition) is 0. The van der Waals surface area contributed by atoms with Gasteiger partial charge in [0.05, 0.1) is 5.56 Å². The van der Waals surface area contributed by atoms with Gasteiger partial charge in [0.1, 0.15) is 0 Å². The molecule has 2 aromatic rings. The molecule has 0 radical (unpaired) electrons. The second-order valence-electron chi connectivity index (χ2n) is 8.69. The molecule has 0 aromatic heterocycles. The summed E-state index contributed by atoms with van der Waals surface area (Å²) in [7, 11) is 0. The molecule has 0 nitrogen and oxygen atoms in total. The molecule has 0 saturated heterocycles. The van der Waals surface area contributed by atoms with E-state index in [9.17, 15) is 13.2 Å². The van der Waals surface area contributed by atoms with Crippen molar-refractivity contribution in [3.63, 3.8) is 0 Å². The van der Waals surface area contributed by atoms with E-state index in [0.29, 0.717) is 10.6 Å². The van der Waals surface area contributed by atoms with E-state index < -0.39 is 11.7 Å². The summed E-state index contributed by atoms with van der Waals surface area (Å²) in [6.45, 7) is 10.1. The van der Waals surface area contributed by atoms with Gasteiger partial charge in [0.25, 0.3) is 0 Å². The minimum atomic E-state index is -4.44. The molecule has 0 heterocycles. The molecule has 1 aliphatic rings. The first-order valence-electron chi connectivity index (χ1n) is 8.86. The Bertz CT molecular complexity index is 860. The van der Waals surface area contributed by atoms with Crippen LogP contribution in [-0.4, -0.2) is 0 Å². The fourth-order valence-corrected chi connectivity index (χ4v) is 4.14. The lowest BCUT2D eigenvalue weighted by molar-refractivity contribution is -0.137. The number of benzene rings is 2. The number of rotatable bonds is 1. The maximum absolute atomic E-state index is 13.9. The van der Waals surface area contributed by atoms with Crippen molar-refractivity contribution < 1.29 is 13.2 Å². The van der Waals surface area contributed by atoms with E-state index in [2.05, 4.69) is 13.8 Å². The number of hydrogen-bond donors (Lipinski definition) is 0. The van der Waals surface area contributed by atoms with Crippen LogP contribution in [0.25, 0.3) is 11.1 Å². The molecule has 0 saturated carbocycles. The van der Waals surface area contributed by atoms with Gasteiger partial charge in [-0.05, 0) is 71.6 Å². The SMILES string of the molecule is Cc1ccc(Cl)c(-c2cc3c(cc2C(F)(F)F)C(C)(C)CCC3(C)C)c1. The maximum atomic E-state index is 13.9. The average Bonchev–Trinajstić information content (AvgIpc) is 2.52. The highest BCUT2D eigenvalue weighted by atomic mass is 35.5. The summed E-state index contributed by atoms with van der Waals surface area (Å²) in [4.78, 5) is 0. The molecule has 26 heavy (non-hydrogen) atoms. The van der Waals surface area contributed by atoms with Gasteiger partial charge in [-0.2, -0.15) is 13.2 Å². The Balaban J connectivity index is 2.40. The second-order valence-corrected chi connectivity index (χ2v) is 9.10. The monoisotopic (exact) mass is 380 g/mol. The molecule has 0 bridgehead atoms. The fraction of sp³-hybridized carbons (Fsp3) is 0.455. The van der Waals surface area contributed by atoms with E-state index in [0.717, 1.165) is 29.5 Å². The Kier molecular flexibility index (Phi) is 4.46. The van der Waals surface area contributed by atoms with E-state index in [1.54, 1.807) is 18.2 Å². The highest BCUT2D eigenvalue weighted by Gasteiger charge is 2.42. The van der Waals surface area contributed by atoms with E-state index in [1.807, 2.05) is 26.8 Å². The third kappa shape index (κ3) is 3.26. The van der Waals surface area contributed by atoms with Crippen molar-refractivity contribution in [1.29, 1.82) is 0 Å². The molecule has 140 valence electrons. The van der Waals surface area contributed by atoms with Crippen molar-refractivity contribution in [2.24, 2.45) is 0 Å². The van der Waals surface area contributed by atoms with Gasteiger partial charge in [-0.1, -0.05) is 50.9 Å². The zero-order chi connectivity index (χ0) is 19.5. The van der Waals surface area contributed by atoms with Crippen LogP contribution in [0.4, 0.5) is 13.2 Å². The smallest absolute Gasteiger partial charge is 0.166 e. The van der Waals surface area contributed by atoms with Gasteiger partial charge in [-0.25, -0.2) is 0 Å². The molecule has 4 heteroatoms. The van der Waals surface area contributed by atoms with Crippen molar-refractivity contribution in [2.45, 2.75) is 64.5 Å². The van der Waals surface area contributed by atoms with Gasteiger partial charge >= 0.3 is 6.18 Å². The highest BCUT2D eigenvalue weighted by Crippen LogP contribution is 2.50. The number of fused-ring (bicyclic) bond motifs is 1. The van der Waals surface area contributed by atoms with Crippen LogP contribution in [0.15, 0.2) is 30.3 Å². The quantitative estimate of drug-likeness (QED) is 0.475. The number of halogens is 4. The Morgan fingerprint density at radius 3 is 1.92 bits per heavy atom. The maximum Gasteiger partial charge on any atom is 0.417 e. The van der Waals surface area contributed by atoms with Crippen LogP contribution < -0.4 is 0 Å². The Hall–Kier alpha value is -1.48. The minimum absolute atomic E-state index is 0.167.